The normalized spacial score (nSPS) is 11.1. The molecular formula is C17H19N7O4S. The van der Waals surface area contributed by atoms with Gasteiger partial charge in [0.2, 0.25) is 15.9 Å². The highest BCUT2D eigenvalue weighted by atomic mass is 32.2. The Kier molecular flexibility index (Phi) is 5.64. The van der Waals surface area contributed by atoms with Gasteiger partial charge < -0.3 is 15.8 Å². The number of H-pyrrole nitrogens is 1. The lowest BCUT2D eigenvalue weighted by atomic mass is 10.1. The minimum absolute atomic E-state index is 0.0395. The summed E-state index contributed by atoms with van der Waals surface area (Å²) >= 11 is 0. The number of anilines is 3. The van der Waals surface area contributed by atoms with Crippen molar-refractivity contribution in [2.75, 3.05) is 22.9 Å². The van der Waals surface area contributed by atoms with Crippen LogP contribution in [0.2, 0.25) is 0 Å². The van der Waals surface area contributed by atoms with Crippen LogP contribution in [0, 0.1) is 0 Å². The molecule has 2 aromatic heterocycles. The molecule has 0 aliphatic carbocycles. The summed E-state index contributed by atoms with van der Waals surface area (Å²) in [5.41, 5.74) is 6.94. The van der Waals surface area contributed by atoms with E-state index >= 15 is 0 Å². The van der Waals surface area contributed by atoms with E-state index in [0.29, 0.717) is 28.6 Å². The predicted molar refractivity (Wildman–Crippen MR) is 107 cm³/mol. The zero-order chi connectivity index (χ0) is 21.0. The zero-order valence-corrected chi connectivity index (χ0v) is 16.4. The fraction of sp³-hybridized carbons (Fsp3) is 0.176. The van der Waals surface area contributed by atoms with E-state index in [1.807, 2.05) is 0 Å². The molecule has 0 bridgehead atoms. The Balaban J connectivity index is 1.91. The van der Waals surface area contributed by atoms with E-state index < -0.39 is 15.9 Å². The van der Waals surface area contributed by atoms with Gasteiger partial charge in [0.1, 0.15) is 17.1 Å². The van der Waals surface area contributed by atoms with Crippen LogP contribution in [-0.2, 0) is 10.0 Å². The highest BCUT2D eigenvalue weighted by Gasteiger charge is 2.20. The highest BCUT2D eigenvalue weighted by Crippen LogP contribution is 2.29. The van der Waals surface area contributed by atoms with Crippen LogP contribution in [-0.4, -0.2) is 47.4 Å². The molecule has 0 aliphatic heterocycles. The van der Waals surface area contributed by atoms with E-state index in [1.165, 1.54) is 19.5 Å². The molecule has 5 N–H and O–H groups in total. The average Bonchev–Trinajstić information content (AvgIpc) is 3.12. The van der Waals surface area contributed by atoms with Gasteiger partial charge in [-0.25, -0.2) is 8.42 Å². The molecule has 0 radical (unpaired) electrons. The number of nitrogens with two attached hydrogens (primary N) is 1. The van der Waals surface area contributed by atoms with Crippen molar-refractivity contribution in [2.24, 2.45) is 5.73 Å². The summed E-state index contributed by atoms with van der Waals surface area (Å²) in [4.78, 5) is 20.2. The molecule has 152 valence electrons. The monoisotopic (exact) mass is 417 g/mol. The number of hydrogen-bond donors (Lipinski definition) is 4. The van der Waals surface area contributed by atoms with E-state index in [0.717, 1.165) is 0 Å². The maximum absolute atomic E-state index is 12.1. The van der Waals surface area contributed by atoms with Crippen LogP contribution in [0.1, 0.15) is 17.3 Å². The van der Waals surface area contributed by atoms with Gasteiger partial charge in [0.15, 0.2) is 5.82 Å². The van der Waals surface area contributed by atoms with E-state index in [2.05, 4.69) is 30.2 Å². The van der Waals surface area contributed by atoms with E-state index in [-0.39, 0.29) is 17.1 Å². The lowest BCUT2D eigenvalue weighted by Gasteiger charge is -2.08. The van der Waals surface area contributed by atoms with Crippen molar-refractivity contribution in [2.45, 2.75) is 6.92 Å². The van der Waals surface area contributed by atoms with Crippen molar-refractivity contribution in [3.8, 4) is 17.1 Å². The zero-order valence-electron chi connectivity index (χ0n) is 15.6. The van der Waals surface area contributed by atoms with Gasteiger partial charge in [-0.05, 0) is 19.1 Å². The molecule has 0 unspecified atom stereocenters. The first-order chi connectivity index (χ1) is 13.8. The molecule has 0 fully saturated rings. The summed E-state index contributed by atoms with van der Waals surface area (Å²) < 4.78 is 30.8. The maximum Gasteiger partial charge on any atom is 0.254 e. The third-order valence-corrected chi connectivity index (χ3v) is 5.21. The maximum atomic E-state index is 12.1. The number of amides is 1. The fourth-order valence-electron chi connectivity index (χ4n) is 2.46. The van der Waals surface area contributed by atoms with Crippen LogP contribution in [0.5, 0.6) is 5.88 Å². The number of carbonyl (C=O) groups excluding carboxylic acids is 1. The van der Waals surface area contributed by atoms with Gasteiger partial charge in [-0.3, -0.25) is 19.6 Å². The van der Waals surface area contributed by atoms with Gasteiger partial charge in [0.05, 0.1) is 25.3 Å². The van der Waals surface area contributed by atoms with Crippen molar-refractivity contribution >= 4 is 33.3 Å². The van der Waals surface area contributed by atoms with Crippen LogP contribution in [0.4, 0.5) is 17.3 Å². The molecule has 1 amide bonds. The molecule has 0 spiro atoms. The number of sulfonamides is 1. The number of nitrogens with zero attached hydrogens (tertiary/aromatic N) is 3. The van der Waals surface area contributed by atoms with Gasteiger partial charge in [-0.15, -0.1) is 0 Å². The number of aromatic amines is 1. The van der Waals surface area contributed by atoms with Crippen molar-refractivity contribution in [3.63, 3.8) is 0 Å². The third-order valence-electron chi connectivity index (χ3n) is 3.90. The molecule has 1 aromatic carbocycles. The van der Waals surface area contributed by atoms with E-state index in [4.69, 9.17) is 10.5 Å². The number of rotatable bonds is 8. The van der Waals surface area contributed by atoms with Crippen molar-refractivity contribution in [1.29, 1.82) is 0 Å². The second-order valence-corrected chi connectivity index (χ2v) is 7.85. The van der Waals surface area contributed by atoms with Crippen LogP contribution < -0.4 is 20.5 Å². The molecule has 3 rings (SSSR count). The molecule has 29 heavy (non-hydrogen) atoms. The smallest absolute Gasteiger partial charge is 0.254 e. The first-order valence-corrected chi connectivity index (χ1v) is 10.1. The molecule has 11 nitrogen and oxygen atoms in total. The molecule has 3 aromatic rings. The van der Waals surface area contributed by atoms with Crippen molar-refractivity contribution < 1.29 is 17.9 Å². The lowest BCUT2D eigenvalue weighted by Crippen LogP contribution is -2.14. The highest BCUT2D eigenvalue weighted by molar-refractivity contribution is 7.92. The van der Waals surface area contributed by atoms with Crippen LogP contribution in [0.15, 0.2) is 36.7 Å². The van der Waals surface area contributed by atoms with Gasteiger partial charge in [-0.1, -0.05) is 12.1 Å². The number of primary amides is 1. The van der Waals surface area contributed by atoms with Crippen LogP contribution in [0.3, 0.4) is 0 Å². The summed E-state index contributed by atoms with van der Waals surface area (Å²) in [5, 5.41) is 9.79. The van der Waals surface area contributed by atoms with Crippen molar-refractivity contribution in [3.05, 3.63) is 42.2 Å². The Morgan fingerprint density at radius 2 is 1.97 bits per heavy atom. The van der Waals surface area contributed by atoms with Gasteiger partial charge in [0.25, 0.3) is 5.91 Å². The molecule has 2 heterocycles. The largest absolute Gasteiger partial charge is 0.480 e. The van der Waals surface area contributed by atoms with Crippen LogP contribution >= 0.6 is 0 Å². The number of hydrogen-bond acceptors (Lipinski definition) is 8. The molecule has 0 saturated heterocycles. The number of carbonyl (C=O) groups is 1. The molecule has 0 atom stereocenters. The first kappa shape index (κ1) is 20.1. The molecule has 0 aliphatic rings. The SMILES string of the molecule is CCS(=O)(=O)Nc1ccc(-c2n[nH]c(Nc3cncc(OC)n3)c2C(N)=O)cc1. The van der Waals surface area contributed by atoms with E-state index in [9.17, 15) is 13.2 Å². The van der Waals surface area contributed by atoms with Gasteiger partial charge in [0, 0.05) is 11.3 Å². The number of nitrogens with one attached hydrogen (secondary N) is 3. The Bertz CT molecular complexity index is 1130. The number of ether oxygens (including phenoxy) is 1. The third kappa shape index (κ3) is 4.60. The van der Waals surface area contributed by atoms with Gasteiger partial charge >= 0.3 is 0 Å². The summed E-state index contributed by atoms with van der Waals surface area (Å²) in [7, 11) is -1.93. The number of aromatic nitrogens is 4. The summed E-state index contributed by atoms with van der Waals surface area (Å²) in [6.07, 6.45) is 2.88. The quantitative estimate of drug-likeness (QED) is 0.428. The summed E-state index contributed by atoms with van der Waals surface area (Å²) in [6, 6.07) is 6.40. The summed E-state index contributed by atoms with van der Waals surface area (Å²) in [5.74, 6) is 0.114. The molecule has 12 heteroatoms. The lowest BCUT2D eigenvalue weighted by molar-refractivity contribution is 0.100. The Labute approximate surface area is 166 Å². The Morgan fingerprint density at radius 3 is 2.59 bits per heavy atom. The predicted octanol–water partition coefficient (Wildman–Crippen LogP) is 1.48. The van der Waals surface area contributed by atoms with E-state index in [1.54, 1.807) is 31.2 Å². The second kappa shape index (κ2) is 8.14. The molecule has 0 saturated carbocycles. The molecular weight excluding hydrogens is 398 g/mol. The standard InChI is InChI=1S/C17H19N7O4S/c1-3-29(26,27)24-11-6-4-10(5-7-11)15-14(16(18)25)17(23-22-15)21-12-8-19-9-13(20-12)28-2/h4-9,24H,3H2,1-2H3,(H2,18,25)(H2,20,21,22,23). The Morgan fingerprint density at radius 1 is 1.24 bits per heavy atom. The Hall–Kier alpha value is -3.67. The minimum Gasteiger partial charge on any atom is -0.480 e. The topological polar surface area (TPSA) is 165 Å². The summed E-state index contributed by atoms with van der Waals surface area (Å²) in [6.45, 7) is 1.54. The number of benzene rings is 1. The fourth-order valence-corrected chi connectivity index (χ4v) is 3.10. The van der Waals surface area contributed by atoms with Crippen LogP contribution in [0.25, 0.3) is 11.3 Å². The second-order valence-electron chi connectivity index (χ2n) is 5.84. The minimum atomic E-state index is -3.39. The van der Waals surface area contributed by atoms with Gasteiger partial charge in [-0.2, -0.15) is 10.1 Å². The first-order valence-electron chi connectivity index (χ1n) is 8.45. The average molecular weight is 417 g/mol. The number of methoxy groups -OCH3 is 1. The van der Waals surface area contributed by atoms with Crippen molar-refractivity contribution in [1.82, 2.24) is 20.2 Å².